The molecule has 0 radical (unpaired) electrons. The fourth-order valence-corrected chi connectivity index (χ4v) is 3.37. The van der Waals surface area contributed by atoms with Crippen LogP contribution in [0.1, 0.15) is 24.8 Å². The van der Waals surface area contributed by atoms with Gasteiger partial charge in [0.15, 0.2) is 0 Å². The first kappa shape index (κ1) is 13.1. The third kappa shape index (κ3) is 2.58. The quantitative estimate of drug-likeness (QED) is 0.671. The SMILES string of the molecule is CSC1CCCC1Nc1nccc(C)c1[N+](=O)[O-]. The summed E-state index contributed by atoms with van der Waals surface area (Å²) in [5.74, 6) is 0.408. The molecule has 1 saturated carbocycles. The third-order valence-corrected chi connectivity index (χ3v) is 4.56. The van der Waals surface area contributed by atoms with E-state index in [2.05, 4.69) is 16.6 Å². The summed E-state index contributed by atoms with van der Waals surface area (Å²) in [5, 5.41) is 14.9. The minimum absolute atomic E-state index is 0.101. The zero-order valence-electron chi connectivity index (χ0n) is 10.5. The third-order valence-electron chi connectivity index (χ3n) is 3.39. The van der Waals surface area contributed by atoms with E-state index in [4.69, 9.17) is 0 Å². The molecule has 2 unspecified atom stereocenters. The predicted molar refractivity (Wildman–Crippen MR) is 74.2 cm³/mol. The Morgan fingerprint density at radius 3 is 3.00 bits per heavy atom. The molecule has 18 heavy (non-hydrogen) atoms. The molecule has 1 aromatic heterocycles. The largest absolute Gasteiger partial charge is 0.360 e. The lowest BCUT2D eigenvalue weighted by atomic mass is 10.2. The Hall–Kier alpha value is -1.30. The highest BCUT2D eigenvalue weighted by molar-refractivity contribution is 7.99. The number of hydrogen-bond acceptors (Lipinski definition) is 5. The molecule has 1 aliphatic carbocycles. The molecule has 2 rings (SSSR count). The van der Waals surface area contributed by atoms with Gasteiger partial charge in [0.2, 0.25) is 5.82 Å². The monoisotopic (exact) mass is 267 g/mol. The molecule has 2 atom stereocenters. The minimum atomic E-state index is -0.353. The summed E-state index contributed by atoms with van der Waals surface area (Å²) in [7, 11) is 0. The highest BCUT2D eigenvalue weighted by Crippen LogP contribution is 2.33. The van der Waals surface area contributed by atoms with Crippen LogP contribution >= 0.6 is 11.8 Å². The topological polar surface area (TPSA) is 68.1 Å². The number of nitro groups is 1. The van der Waals surface area contributed by atoms with Gasteiger partial charge in [-0.25, -0.2) is 4.98 Å². The van der Waals surface area contributed by atoms with Crippen LogP contribution in [0.5, 0.6) is 0 Å². The van der Waals surface area contributed by atoms with E-state index in [1.165, 1.54) is 12.8 Å². The van der Waals surface area contributed by atoms with Gasteiger partial charge in [-0.3, -0.25) is 10.1 Å². The Balaban J connectivity index is 2.23. The van der Waals surface area contributed by atoms with Crippen molar-refractivity contribution in [2.45, 2.75) is 37.5 Å². The zero-order chi connectivity index (χ0) is 13.1. The van der Waals surface area contributed by atoms with Gasteiger partial charge in [0.1, 0.15) is 0 Å². The van der Waals surface area contributed by atoms with Gasteiger partial charge >= 0.3 is 5.69 Å². The number of aromatic nitrogens is 1. The lowest BCUT2D eigenvalue weighted by molar-refractivity contribution is -0.384. The molecule has 1 fully saturated rings. The molecule has 1 aromatic rings. The summed E-state index contributed by atoms with van der Waals surface area (Å²) in [6, 6.07) is 1.96. The molecule has 6 heteroatoms. The second kappa shape index (κ2) is 5.56. The van der Waals surface area contributed by atoms with Crippen LogP contribution in [-0.2, 0) is 0 Å². The summed E-state index contributed by atoms with van der Waals surface area (Å²) < 4.78 is 0. The van der Waals surface area contributed by atoms with Crippen molar-refractivity contribution in [3.8, 4) is 0 Å². The highest BCUT2D eigenvalue weighted by Gasteiger charge is 2.29. The number of pyridine rings is 1. The second-order valence-corrected chi connectivity index (χ2v) is 5.61. The second-order valence-electron chi connectivity index (χ2n) is 4.54. The van der Waals surface area contributed by atoms with Crippen LogP contribution in [0, 0.1) is 17.0 Å². The van der Waals surface area contributed by atoms with Gasteiger partial charge in [0.05, 0.1) is 4.92 Å². The fraction of sp³-hybridized carbons (Fsp3) is 0.583. The average Bonchev–Trinajstić information content (AvgIpc) is 2.76. The van der Waals surface area contributed by atoms with Crippen molar-refractivity contribution in [2.24, 2.45) is 0 Å². The van der Waals surface area contributed by atoms with Gasteiger partial charge in [-0.15, -0.1) is 0 Å². The van der Waals surface area contributed by atoms with Crippen molar-refractivity contribution >= 4 is 23.3 Å². The van der Waals surface area contributed by atoms with Crippen molar-refractivity contribution in [2.75, 3.05) is 11.6 Å². The van der Waals surface area contributed by atoms with Gasteiger partial charge < -0.3 is 5.32 Å². The van der Waals surface area contributed by atoms with E-state index >= 15 is 0 Å². The Morgan fingerprint density at radius 1 is 1.56 bits per heavy atom. The number of rotatable bonds is 4. The Bertz CT molecular complexity index is 453. The fourth-order valence-electron chi connectivity index (χ4n) is 2.44. The standard InChI is InChI=1S/C12H17N3O2S/c1-8-6-7-13-12(11(8)15(16)17)14-9-4-3-5-10(9)18-2/h6-7,9-10H,3-5H2,1-2H3,(H,13,14). The maximum atomic E-state index is 11.1. The van der Waals surface area contributed by atoms with Gasteiger partial charge in [-0.1, -0.05) is 6.42 Å². The van der Waals surface area contributed by atoms with Gasteiger partial charge in [0, 0.05) is 23.1 Å². The number of hydrogen-bond donors (Lipinski definition) is 1. The normalized spacial score (nSPS) is 23.0. The summed E-state index contributed by atoms with van der Waals surface area (Å²) in [4.78, 5) is 14.9. The Kier molecular flexibility index (Phi) is 4.06. The highest BCUT2D eigenvalue weighted by atomic mass is 32.2. The van der Waals surface area contributed by atoms with E-state index in [0.29, 0.717) is 16.6 Å². The van der Waals surface area contributed by atoms with Crippen LogP contribution < -0.4 is 5.32 Å². The molecule has 1 heterocycles. The first-order valence-corrected chi connectivity index (χ1v) is 7.31. The maximum Gasteiger partial charge on any atom is 0.314 e. The maximum absolute atomic E-state index is 11.1. The number of aryl methyl sites for hydroxylation is 1. The van der Waals surface area contributed by atoms with Gasteiger partial charge in [-0.2, -0.15) is 11.8 Å². The van der Waals surface area contributed by atoms with Crippen molar-refractivity contribution < 1.29 is 4.92 Å². The van der Waals surface area contributed by atoms with Crippen LogP contribution in [0.2, 0.25) is 0 Å². The Morgan fingerprint density at radius 2 is 2.33 bits per heavy atom. The molecule has 0 aromatic carbocycles. The molecule has 0 saturated heterocycles. The minimum Gasteiger partial charge on any atom is -0.360 e. The molecule has 0 aliphatic heterocycles. The number of anilines is 1. The summed E-state index contributed by atoms with van der Waals surface area (Å²) in [6.45, 7) is 1.74. The lowest BCUT2D eigenvalue weighted by Gasteiger charge is -2.19. The van der Waals surface area contributed by atoms with Crippen molar-refractivity contribution in [3.63, 3.8) is 0 Å². The Labute approximate surface area is 111 Å². The molecule has 5 nitrogen and oxygen atoms in total. The van der Waals surface area contributed by atoms with E-state index in [0.717, 1.165) is 6.42 Å². The molecule has 98 valence electrons. The first-order valence-electron chi connectivity index (χ1n) is 6.03. The van der Waals surface area contributed by atoms with Gasteiger partial charge in [-0.05, 0) is 32.1 Å². The smallest absolute Gasteiger partial charge is 0.314 e. The first-order chi connectivity index (χ1) is 8.63. The van der Waals surface area contributed by atoms with E-state index in [1.54, 1.807) is 19.2 Å². The molecular formula is C12H17N3O2S. The van der Waals surface area contributed by atoms with Crippen LogP contribution in [-0.4, -0.2) is 27.5 Å². The summed E-state index contributed by atoms with van der Waals surface area (Å²) in [5.41, 5.74) is 0.750. The van der Waals surface area contributed by atoms with Crippen LogP contribution in [0.25, 0.3) is 0 Å². The van der Waals surface area contributed by atoms with Crippen LogP contribution in [0.3, 0.4) is 0 Å². The number of nitrogens with one attached hydrogen (secondary N) is 1. The predicted octanol–water partition coefficient (Wildman–Crippen LogP) is 2.99. The number of nitrogens with zero attached hydrogens (tertiary/aromatic N) is 2. The van der Waals surface area contributed by atoms with Crippen molar-refractivity contribution in [1.82, 2.24) is 4.98 Å². The molecule has 0 spiro atoms. The molecule has 0 amide bonds. The molecule has 1 aliphatic rings. The molecule has 0 bridgehead atoms. The van der Waals surface area contributed by atoms with E-state index in [9.17, 15) is 10.1 Å². The van der Waals surface area contributed by atoms with Crippen LogP contribution in [0.15, 0.2) is 12.3 Å². The van der Waals surface area contributed by atoms with Gasteiger partial charge in [0.25, 0.3) is 0 Å². The molecular weight excluding hydrogens is 250 g/mol. The number of thioether (sulfide) groups is 1. The lowest BCUT2D eigenvalue weighted by Crippen LogP contribution is -2.26. The summed E-state index contributed by atoms with van der Waals surface area (Å²) >= 11 is 1.82. The summed E-state index contributed by atoms with van der Waals surface area (Å²) in [6.07, 6.45) is 7.09. The average molecular weight is 267 g/mol. The van der Waals surface area contributed by atoms with Crippen molar-refractivity contribution in [3.05, 3.63) is 27.9 Å². The van der Waals surface area contributed by atoms with E-state index in [1.807, 2.05) is 11.8 Å². The van der Waals surface area contributed by atoms with Crippen LogP contribution in [0.4, 0.5) is 11.5 Å². The van der Waals surface area contributed by atoms with E-state index < -0.39 is 0 Å². The van der Waals surface area contributed by atoms with Crippen molar-refractivity contribution in [1.29, 1.82) is 0 Å². The molecule has 1 N–H and O–H groups in total. The zero-order valence-corrected chi connectivity index (χ0v) is 11.4. The van der Waals surface area contributed by atoms with E-state index in [-0.39, 0.29) is 16.7 Å².